The number of nitrogens with zero attached hydrogens (tertiary/aromatic N) is 2. The molecule has 0 atom stereocenters. The molecule has 158 valence electrons. The number of hydrogen-bond acceptors (Lipinski definition) is 5. The van der Waals surface area contributed by atoms with Crippen LogP contribution in [0.15, 0.2) is 51.9 Å². The number of carbonyl (C=O) groups is 2. The summed E-state index contributed by atoms with van der Waals surface area (Å²) >= 11 is 6.06. The van der Waals surface area contributed by atoms with Crippen molar-refractivity contribution in [3.63, 3.8) is 0 Å². The monoisotopic (exact) mass is 439 g/mol. The first-order valence-electron chi connectivity index (χ1n) is 9.34. The Morgan fingerprint density at radius 1 is 1.16 bits per heavy atom. The van der Waals surface area contributed by atoms with Gasteiger partial charge >= 0.3 is 0 Å². The fourth-order valence-electron chi connectivity index (χ4n) is 3.29. The molecular formula is C21H18ClN5O4. The SMILES string of the molecule is Cc1nc2cc(=O)[nH]n2c(C)c1CC(=O)Nc1ccc(Cl)cc1NC(=O)c1ccco1. The zero-order chi connectivity index (χ0) is 22.1. The quantitative estimate of drug-likeness (QED) is 0.440. The average molecular weight is 440 g/mol. The van der Waals surface area contributed by atoms with E-state index in [0.717, 1.165) is 0 Å². The number of aromatic amines is 1. The Balaban J connectivity index is 1.57. The minimum Gasteiger partial charge on any atom is -0.459 e. The smallest absolute Gasteiger partial charge is 0.291 e. The van der Waals surface area contributed by atoms with Gasteiger partial charge in [-0.3, -0.25) is 19.5 Å². The molecule has 9 nitrogen and oxygen atoms in total. The Kier molecular flexibility index (Phi) is 5.35. The Hall–Kier alpha value is -3.85. The first-order chi connectivity index (χ1) is 14.8. The van der Waals surface area contributed by atoms with Crippen molar-refractivity contribution in [3.05, 3.63) is 80.7 Å². The fourth-order valence-corrected chi connectivity index (χ4v) is 3.46. The lowest BCUT2D eigenvalue weighted by Crippen LogP contribution is -2.19. The molecule has 0 fully saturated rings. The van der Waals surface area contributed by atoms with Gasteiger partial charge in [-0.1, -0.05) is 11.6 Å². The predicted molar refractivity (Wildman–Crippen MR) is 116 cm³/mol. The molecule has 1 aromatic carbocycles. The standard InChI is InChI=1S/C21H18ClN5O4/c1-11-14(12(2)27-18(23-11)10-20(29)26-27)9-19(28)24-15-6-5-13(22)8-16(15)25-21(30)17-4-3-7-31-17/h3-8,10H,9H2,1-2H3,(H,24,28)(H,25,30)(H,26,29). The van der Waals surface area contributed by atoms with Crippen molar-refractivity contribution in [2.24, 2.45) is 0 Å². The highest BCUT2D eigenvalue weighted by Gasteiger charge is 2.17. The summed E-state index contributed by atoms with van der Waals surface area (Å²) in [4.78, 5) is 41.1. The Morgan fingerprint density at radius 2 is 1.97 bits per heavy atom. The highest BCUT2D eigenvalue weighted by molar-refractivity contribution is 6.31. The van der Waals surface area contributed by atoms with Gasteiger partial charge in [0.1, 0.15) is 0 Å². The predicted octanol–water partition coefficient (Wildman–Crippen LogP) is 3.32. The summed E-state index contributed by atoms with van der Waals surface area (Å²) in [5.74, 6) is -0.665. The fraction of sp³-hybridized carbons (Fsp3) is 0.143. The minimum atomic E-state index is -0.472. The molecule has 10 heteroatoms. The van der Waals surface area contributed by atoms with Crippen molar-refractivity contribution >= 4 is 40.4 Å². The molecule has 0 saturated heterocycles. The topological polar surface area (TPSA) is 121 Å². The van der Waals surface area contributed by atoms with E-state index in [1.807, 2.05) is 0 Å². The number of nitrogens with one attached hydrogen (secondary N) is 3. The van der Waals surface area contributed by atoms with Gasteiger partial charge in [0.25, 0.3) is 11.5 Å². The zero-order valence-corrected chi connectivity index (χ0v) is 17.4. The maximum absolute atomic E-state index is 12.8. The second-order valence-electron chi connectivity index (χ2n) is 6.92. The molecule has 0 radical (unpaired) electrons. The number of benzene rings is 1. The number of amides is 2. The molecule has 0 spiro atoms. The van der Waals surface area contributed by atoms with Crippen LogP contribution in [-0.2, 0) is 11.2 Å². The molecule has 3 aromatic heterocycles. The van der Waals surface area contributed by atoms with E-state index in [-0.39, 0.29) is 23.6 Å². The van der Waals surface area contributed by atoms with E-state index >= 15 is 0 Å². The number of hydrogen-bond donors (Lipinski definition) is 3. The summed E-state index contributed by atoms with van der Waals surface area (Å²) in [6, 6.07) is 9.26. The Labute approximate surface area is 181 Å². The van der Waals surface area contributed by atoms with Crippen molar-refractivity contribution in [1.82, 2.24) is 14.6 Å². The van der Waals surface area contributed by atoms with Crippen LogP contribution in [0.5, 0.6) is 0 Å². The largest absolute Gasteiger partial charge is 0.459 e. The Bertz CT molecular complexity index is 1350. The molecule has 3 heterocycles. The van der Waals surface area contributed by atoms with Gasteiger partial charge in [-0.15, -0.1) is 0 Å². The maximum Gasteiger partial charge on any atom is 0.291 e. The molecule has 0 aliphatic heterocycles. The molecule has 0 unspecified atom stereocenters. The van der Waals surface area contributed by atoms with Crippen LogP contribution >= 0.6 is 11.6 Å². The van der Waals surface area contributed by atoms with Crippen LogP contribution in [-0.4, -0.2) is 26.4 Å². The highest BCUT2D eigenvalue weighted by atomic mass is 35.5. The van der Waals surface area contributed by atoms with Crippen LogP contribution in [0.2, 0.25) is 5.02 Å². The van der Waals surface area contributed by atoms with E-state index in [9.17, 15) is 14.4 Å². The third-order valence-corrected chi connectivity index (χ3v) is 5.02. The molecule has 0 saturated carbocycles. The van der Waals surface area contributed by atoms with Crippen molar-refractivity contribution < 1.29 is 14.0 Å². The normalized spacial score (nSPS) is 10.9. The lowest BCUT2D eigenvalue weighted by molar-refractivity contribution is -0.115. The number of furan rings is 1. The van der Waals surface area contributed by atoms with Gasteiger partial charge in [-0.2, -0.15) is 0 Å². The molecule has 0 bridgehead atoms. The summed E-state index contributed by atoms with van der Waals surface area (Å²) in [5, 5.41) is 8.53. The van der Waals surface area contributed by atoms with Gasteiger partial charge in [0, 0.05) is 28.0 Å². The highest BCUT2D eigenvalue weighted by Crippen LogP contribution is 2.27. The number of anilines is 2. The summed E-state index contributed by atoms with van der Waals surface area (Å²) in [6.45, 7) is 3.59. The van der Waals surface area contributed by atoms with E-state index in [1.54, 1.807) is 36.6 Å². The third kappa shape index (κ3) is 4.22. The molecule has 31 heavy (non-hydrogen) atoms. The molecule has 0 aliphatic rings. The molecule has 4 rings (SSSR count). The van der Waals surface area contributed by atoms with Gasteiger partial charge in [0.2, 0.25) is 5.91 Å². The number of aromatic nitrogens is 3. The van der Waals surface area contributed by atoms with Crippen LogP contribution in [0.25, 0.3) is 5.65 Å². The van der Waals surface area contributed by atoms with Crippen LogP contribution < -0.4 is 16.2 Å². The number of aryl methyl sites for hydroxylation is 2. The Morgan fingerprint density at radius 3 is 2.71 bits per heavy atom. The van der Waals surface area contributed by atoms with Gasteiger partial charge in [0.05, 0.1) is 24.1 Å². The first-order valence-corrected chi connectivity index (χ1v) is 9.72. The van der Waals surface area contributed by atoms with Crippen LogP contribution in [0.4, 0.5) is 11.4 Å². The first kappa shape index (κ1) is 20.4. The summed E-state index contributed by atoms with van der Waals surface area (Å²) in [5.41, 5.74) is 2.98. The lowest BCUT2D eigenvalue weighted by Gasteiger charge is -2.14. The van der Waals surface area contributed by atoms with E-state index in [1.165, 1.54) is 24.5 Å². The van der Waals surface area contributed by atoms with E-state index in [4.69, 9.17) is 16.0 Å². The summed E-state index contributed by atoms with van der Waals surface area (Å²) in [7, 11) is 0. The maximum atomic E-state index is 12.8. The second-order valence-corrected chi connectivity index (χ2v) is 7.36. The van der Waals surface area contributed by atoms with Gasteiger partial charge in [-0.25, -0.2) is 9.50 Å². The van der Waals surface area contributed by atoms with E-state index in [2.05, 4.69) is 20.7 Å². The van der Waals surface area contributed by atoms with Crippen LogP contribution in [0.3, 0.4) is 0 Å². The molecule has 4 aromatic rings. The van der Waals surface area contributed by atoms with E-state index in [0.29, 0.717) is 39.0 Å². The van der Waals surface area contributed by atoms with Gasteiger partial charge < -0.3 is 15.1 Å². The number of fused-ring (bicyclic) bond motifs is 1. The molecular weight excluding hydrogens is 422 g/mol. The van der Waals surface area contributed by atoms with Gasteiger partial charge in [-0.05, 0) is 44.2 Å². The number of H-pyrrole nitrogens is 1. The minimum absolute atomic E-state index is 0.0228. The number of halogens is 1. The zero-order valence-electron chi connectivity index (χ0n) is 16.7. The van der Waals surface area contributed by atoms with Gasteiger partial charge in [0.15, 0.2) is 11.4 Å². The summed E-state index contributed by atoms with van der Waals surface area (Å²) in [6.07, 6.45) is 1.41. The number of carbonyl (C=O) groups excluding carboxylic acids is 2. The van der Waals surface area contributed by atoms with Crippen molar-refractivity contribution in [3.8, 4) is 0 Å². The van der Waals surface area contributed by atoms with Crippen molar-refractivity contribution in [1.29, 1.82) is 0 Å². The molecule has 2 amide bonds. The summed E-state index contributed by atoms with van der Waals surface area (Å²) < 4.78 is 6.64. The lowest BCUT2D eigenvalue weighted by atomic mass is 10.1. The average Bonchev–Trinajstić information content (AvgIpc) is 3.37. The van der Waals surface area contributed by atoms with Crippen LogP contribution in [0.1, 0.15) is 27.5 Å². The van der Waals surface area contributed by atoms with Crippen molar-refractivity contribution in [2.45, 2.75) is 20.3 Å². The third-order valence-electron chi connectivity index (χ3n) is 4.79. The second kappa shape index (κ2) is 8.11. The van der Waals surface area contributed by atoms with Crippen LogP contribution in [0, 0.1) is 13.8 Å². The molecule has 3 N–H and O–H groups in total. The number of rotatable bonds is 5. The van der Waals surface area contributed by atoms with E-state index < -0.39 is 5.91 Å². The van der Waals surface area contributed by atoms with Crippen molar-refractivity contribution in [2.75, 3.05) is 10.6 Å². The molecule has 0 aliphatic carbocycles.